The van der Waals surface area contributed by atoms with Gasteiger partial charge < -0.3 is 10.8 Å². The minimum absolute atomic E-state index is 0.135. The van der Waals surface area contributed by atoms with Gasteiger partial charge in [-0.2, -0.15) is 5.10 Å². The van der Waals surface area contributed by atoms with Crippen LogP contribution in [0.4, 0.5) is 0 Å². The summed E-state index contributed by atoms with van der Waals surface area (Å²) in [4.78, 5) is 0. The molecule has 1 heterocycles. The average molecular weight is 265 g/mol. The Morgan fingerprint density at radius 3 is 2.74 bits per heavy atom. The van der Waals surface area contributed by atoms with E-state index in [1.807, 2.05) is 0 Å². The predicted octanol–water partition coefficient (Wildman–Crippen LogP) is 2.28. The van der Waals surface area contributed by atoms with Crippen LogP contribution in [0, 0.1) is 5.41 Å². The van der Waals surface area contributed by atoms with E-state index in [0.29, 0.717) is 12.6 Å². The van der Waals surface area contributed by atoms with Crippen molar-refractivity contribution >= 4 is 0 Å². The summed E-state index contributed by atoms with van der Waals surface area (Å²) in [6.07, 6.45) is 10.2. The van der Waals surface area contributed by atoms with Gasteiger partial charge in [0.2, 0.25) is 0 Å². The van der Waals surface area contributed by atoms with E-state index in [1.165, 1.54) is 32.1 Å². The van der Waals surface area contributed by atoms with Crippen molar-refractivity contribution in [2.75, 3.05) is 13.2 Å². The summed E-state index contributed by atoms with van der Waals surface area (Å²) in [5, 5.41) is 14.3. The van der Waals surface area contributed by atoms with E-state index in [1.54, 1.807) is 0 Å². The number of nitrogens with zero attached hydrogens (tertiary/aromatic N) is 2. The van der Waals surface area contributed by atoms with Crippen LogP contribution >= 0.6 is 0 Å². The minimum Gasteiger partial charge on any atom is -0.396 e. The quantitative estimate of drug-likeness (QED) is 0.829. The first-order valence-corrected chi connectivity index (χ1v) is 7.58. The molecule has 19 heavy (non-hydrogen) atoms. The molecule has 108 valence electrons. The van der Waals surface area contributed by atoms with Crippen LogP contribution in [0.5, 0.6) is 0 Å². The van der Waals surface area contributed by atoms with E-state index in [0.717, 1.165) is 18.5 Å². The molecule has 0 bridgehead atoms. The third-order valence-corrected chi connectivity index (χ3v) is 4.69. The van der Waals surface area contributed by atoms with Crippen molar-refractivity contribution in [1.29, 1.82) is 0 Å². The van der Waals surface area contributed by atoms with Gasteiger partial charge in [-0.15, -0.1) is 0 Å². The largest absolute Gasteiger partial charge is 0.396 e. The molecule has 1 aromatic heterocycles. The molecule has 0 radical (unpaired) electrons. The molecule has 4 nitrogen and oxygen atoms in total. The van der Waals surface area contributed by atoms with Crippen molar-refractivity contribution in [3.8, 4) is 0 Å². The van der Waals surface area contributed by atoms with Crippen molar-refractivity contribution < 1.29 is 5.11 Å². The molecule has 1 saturated carbocycles. The first-order chi connectivity index (χ1) is 9.23. The van der Waals surface area contributed by atoms with Gasteiger partial charge >= 0.3 is 0 Å². The minimum atomic E-state index is -0.203. The van der Waals surface area contributed by atoms with Crippen molar-refractivity contribution in [2.45, 2.75) is 57.9 Å². The van der Waals surface area contributed by atoms with E-state index in [9.17, 15) is 5.11 Å². The second kappa shape index (κ2) is 6.53. The van der Waals surface area contributed by atoms with Crippen LogP contribution < -0.4 is 5.73 Å². The molecule has 0 saturated heterocycles. The zero-order valence-electron chi connectivity index (χ0n) is 12.0. The Kier molecular flexibility index (Phi) is 4.99. The highest BCUT2D eigenvalue weighted by molar-refractivity contribution is 5.04. The molecule has 1 aliphatic rings. The lowest BCUT2D eigenvalue weighted by molar-refractivity contribution is 0.126. The molecule has 4 heteroatoms. The first-order valence-electron chi connectivity index (χ1n) is 7.58. The van der Waals surface area contributed by atoms with Gasteiger partial charge in [0.25, 0.3) is 0 Å². The Bertz CT molecular complexity index is 370. The predicted molar refractivity (Wildman–Crippen MR) is 76.9 cm³/mol. The second-order valence-electron chi connectivity index (χ2n) is 5.97. The highest BCUT2D eigenvalue weighted by Gasteiger charge is 2.27. The maximum Gasteiger partial charge on any atom is 0.0631 e. The fourth-order valence-corrected chi connectivity index (χ4v) is 2.98. The van der Waals surface area contributed by atoms with Crippen molar-refractivity contribution in [1.82, 2.24) is 9.78 Å². The van der Waals surface area contributed by atoms with Gasteiger partial charge in [0, 0.05) is 24.6 Å². The molecule has 0 amide bonds. The third kappa shape index (κ3) is 3.37. The third-order valence-electron chi connectivity index (χ3n) is 4.69. The number of hydrogen-bond donors (Lipinski definition) is 2. The van der Waals surface area contributed by atoms with Crippen molar-refractivity contribution in [3.63, 3.8) is 0 Å². The maximum absolute atomic E-state index is 9.58. The summed E-state index contributed by atoms with van der Waals surface area (Å²) >= 11 is 0. The van der Waals surface area contributed by atoms with E-state index in [-0.39, 0.29) is 12.0 Å². The zero-order chi connectivity index (χ0) is 13.7. The van der Waals surface area contributed by atoms with E-state index >= 15 is 0 Å². The highest BCUT2D eigenvalue weighted by Crippen LogP contribution is 2.29. The van der Waals surface area contributed by atoms with Crippen molar-refractivity contribution in [2.24, 2.45) is 11.1 Å². The van der Waals surface area contributed by atoms with Crippen LogP contribution in [0.2, 0.25) is 0 Å². The fraction of sp³-hybridized carbons (Fsp3) is 0.800. The topological polar surface area (TPSA) is 64.1 Å². The number of aliphatic hydroxyl groups excluding tert-OH is 1. The number of aliphatic hydroxyl groups is 1. The van der Waals surface area contributed by atoms with Crippen LogP contribution in [-0.4, -0.2) is 28.0 Å². The molecule has 1 aromatic rings. The Balaban J connectivity index is 2.03. The molecule has 0 aromatic carbocycles. The molecule has 2 rings (SSSR count). The summed E-state index contributed by atoms with van der Waals surface area (Å²) in [5.41, 5.74) is 6.69. The molecule has 1 atom stereocenters. The van der Waals surface area contributed by atoms with Gasteiger partial charge in [0.15, 0.2) is 0 Å². The Hall–Kier alpha value is -0.870. The number of rotatable bonds is 6. The van der Waals surface area contributed by atoms with Crippen LogP contribution in [0.15, 0.2) is 12.3 Å². The molecule has 1 aliphatic carbocycles. The van der Waals surface area contributed by atoms with Crippen LogP contribution in [0.1, 0.15) is 57.2 Å². The number of nitrogens with two attached hydrogens (primary N) is 1. The van der Waals surface area contributed by atoms with E-state index in [2.05, 4.69) is 23.9 Å². The first kappa shape index (κ1) is 14.5. The molecule has 0 aliphatic heterocycles. The Morgan fingerprint density at radius 2 is 2.16 bits per heavy atom. The molecule has 1 fully saturated rings. The summed E-state index contributed by atoms with van der Waals surface area (Å²) in [7, 11) is 0. The van der Waals surface area contributed by atoms with E-state index in [4.69, 9.17) is 10.8 Å². The lowest BCUT2D eigenvalue weighted by atomic mass is 9.81. The molecular formula is C15H27N3O. The summed E-state index contributed by atoms with van der Waals surface area (Å²) in [6.45, 7) is 2.73. The number of aromatic nitrogens is 2. The summed E-state index contributed by atoms with van der Waals surface area (Å²) in [5.74, 6) is 0. The number of hydrogen-bond acceptors (Lipinski definition) is 3. The molecule has 3 N–H and O–H groups in total. The monoisotopic (exact) mass is 265 g/mol. The molecular weight excluding hydrogens is 238 g/mol. The Labute approximate surface area is 116 Å². The van der Waals surface area contributed by atoms with Gasteiger partial charge in [-0.05, 0) is 25.3 Å². The summed E-state index contributed by atoms with van der Waals surface area (Å²) < 4.78 is 2.13. The normalized spacial score (nSPS) is 20.4. The van der Waals surface area contributed by atoms with Crippen molar-refractivity contribution in [3.05, 3.63) is 18.0 Å². The highest BCUT2D eigenvalue weighted by atomic mass is 16.3. The average Bonchev–Trinajstić information content (AvgIpc) is 2.94. The second-order valence-corrected chi connectivity index (χ2v) is 5.97. The van der Waals surface area contributed by atoms with Crippen LogP contribution in [0.3, 0.4) is 0 Å². The van der Waals surface area contributed by atoms with Gasteiger partial charge in [-0.3, -0.25) is 4.68 Å². The fourth-order valence-electron chi connectivity index (χ4n) is 2.98. The van der Waals surface area contributed by atoms with Gasteiger partial charge in [0.05, 0.1) is 18.3 Å². The van der Waals surface area contributed by atoms with Crippen LogP contribution in [-0.2, 0) is 6.42 Å². The van der Waals surface area contributed by atoms with Gasteiger partial charge in [-0.1, -0.05) is 26.2 Å². The molecule has 1 unspecified atom stereocenters. The standard InChI is InChI=1S/C15H27N3O/c1-2-15(11-16,12-19)10-13-8-9-18(17-13)14-6-4-3-5-7-14/h8-9,14,19H,2-7,10-12,16H2,1H3. The summed E-state index contributed by atoms with van der Waals surface area (Å²) in [6, 6.07) is 2.66. The smallest absolute Gasteiger partial charge is 0.0631 e. The lowest BCUT2D eigenvalue weighted by Gasteiger charge is -2.28. The Morgan fingerprint density at radius 1 is 1.42 bits per heavy atom. The van der Waals surface area contributed by atoms with Crippen LogP contribution in [0.25, 0.3) is 0 Å². The zero-order valence-corrected chi connectivity index (χ0v) is 12.0. The molecule has 0 spiro atoms. The SMILES string of the molecule is CCC(CN)(CO)Cc1ccn(C2CCCCC2)n1. The van der Waals surface area contributed by atoms with Gasteiger partial charge in [0.1, 0.15) is 0 Å². The van der Waals surface area contributed by atoms with Gasteiger partial charge in [-0.25, -0.2) is 0 Å². The lowest BCUT2D eigenvalue weighted by Crippen LogP contribution is -2.36. The van der Waals surface area contributed by atoms with E-state index < -0.39 is 0 Å². The maximum atomic E-state index is 9.58.